The van der Waals surface area contributed by atoms with Gasteiger partial charge in [0.25, 0.3) is 0 Å². The van der Waals surface area contributed by atoms with Crippen molar-refractivity contribution in [3.63, 3.8) is 0 Å². The molecule has 0 aliphatic heterocycles. The van der Waals surface area contributed by atoms with Crippen LogP contribution in [0.15, 0.2) is 48.5 Å². The molecular formula is C20H24N2O4S. The molecule has 0 fully saturated rings. The zero-order chi connectivity index (χ0) is 19.6. The molecule has 2 rings (SSSR count). The standard InChI is InChI=1S/C20H24N2O4S/c1-4-26-18-8-6-5-7-17(18)22-19(23)13-27-14(2)20(24)21-15-9-11-16(25-3)12-10-15/h5-12,14H,4,13H2,1-3H3,(H,21,24)(H,22,23)/t14-/m0/s1. The van der Waals surface area contributed by atoms with Gasteiger partial charge < -0.3 is 20.1 Å². The Morgan fingerprint density at radius 3 is 2.44 bits per heavy atom. The number of amides is 2. The SMILES string of the molecule is CCOc1ccccc1NC(=O)CS[C@@H](C)C(=O)Nc1ccc(OC)cc1. The third-order valence-corrected chi connectivity index (χ3v) is 4.80. The fourth-order valence-electron chi connectivity index (χ4n) is 2.23. The van der Waals surface area contributed by atoms with Crippen LogP contribution in [0.4, 0.5) is 11.4 Å². The second kappa shape index (κ2) is 10.5. The van der Waals surface area contributed by atoms with E-state index in [1.807, 2.05) is 19.1 Å². The predicted molar refractivity (Wildman–Crippen MR) is 110 cm³/mol. The molecule has 144 valence electrons. The Bertz CT molecular complexity index is 765. The van der Waals surface area contributed by atoms with Crippen LogP contribution in [0, 0.1) is 0 Å². The number of anilines is 2. The number of rotatable bonds is 9. The van der Waals surface area contributed by atoms with Crippen molar-refractivity contribution in [3.05, 3.63) is 48.5 Å². The number of benzene rings is 2. The molecule has 0 radical (unpaired) electrons. The summed E-state index contributed by atoms with van der Waals surface area (Å²) < 4.78 is 10.6. The number of methoxy groups -OCH3 is 1. The molecule has 0 saturated carbocycles. The smallest absolute Gasteiger partial charge is 0.237 e. The number of nitrogens with one attached hydrogen (secondary N) is 2. The van der Waals surface area contributed by atoms with E-state index in [0.29, 0.717) is 23.7 Å². The van der Waals surface area contributed by atoms with Crippen molar-refractivity contribution in [2.75, 3.05) is 30.1 Å². The number of thioether (sulfide) groups is 1. The minimum Gasteiger partial charge on any atom is -0.497 e. The maximum Gasteiger partial charge on any atom is 0.237 e. The highest BCUT2D eigenvalue weighted by Crippen LogP contribution is 2.24. The van der Waals surface area contributed by atoms with Crippen LogP contribution in [-0.2, 0) is 9.59 Å². The van der Waals surface area contributed by atoms with Crippen LogP contribution in [0.5, 0.6) is 11.5 Å². The fraction of sp³-hybridized carbons (Fsp3) is 0.300. The van der Waals surface area contributed by atoms with Crippen LogP contribution in [0.2, 0.25) is 0 Å². The molecule has 2 aromatic rings. The van der Waals surface area contributed by atoms with Crippen molar-refractivity contribution < 1.29 is 19.1 Å². The first-order valence-electron chi connectivity index (χ1n) is 8.61. The number of hydrogen-bond acceptors (Lipinski definition) is 5. The van der Waals surface area contributed by atoms with Crippen LogP contribution in [0.3, 0.4) is 0 Å². The van der Waals surface area contributed by atoms with Crippen LogP contribution in [0.25, 0.3) is 0 Å². The van der Waals surface area contributed by atoms with E-state index < -0.39 is 0 Å². The third-order valence-electron chi connectivity index (χ3n) is 3.65. The quantitative estimate of drug-likeness (QED) is 0.683. The Morgan fingerprint density at radius 1 is 1.07 bits per heavy atom. The van der Waals surface area contributed by atoms with Gasteiger partial charge in [-0.3, -0.25) is 9.59 Å². The molecule has 6 nitrogen and oxygen atoms in total. The van der Waals surface area contributed by atoms with Gasteiger partial charge in [0, 0.05) is 5.69 Å². The summed E-state index contributed by atoms with van der Waals surface area (Å²) in [4.78, 5) is 24.5. The number of carbonyl (C=O) groups is 2. The van der Waals surface area contributed by atoms with E-state index in [0.717, 1.165) is 5.75 Å². The molecule has 0 heterocycles. The van der Waals surface area contributed by atoms with Gasteiger partial charge >= 0.3 is 0 Å². The second-order valence-corrected chi connectivity index (χ2v) is 6.98. The molecule has 0 aliphatic rings. The van der Waals surface area contributed by atoms with Gasteiger partial charge in [0.05, 0.1) is 30.4 Å². The molecule has 2 aromatic carbocycles. The zero-order valence-electron chi connectivity index (χ0n) is 15.7. The van der Waals surface area contributed by atoms with E-state index in [-0.39, 0.29) is 22.8 Å². The summed E-state index contributed by atoms with van der Waals surface area (Å²) in [5, 5.41) is 5.27. The average Bonchev–Trinajstić information content (AvgIpc) is 2.68. The molecule has 0 saturated heterocycles. The average molecular weight is 388 g/mol. The molecule has 27 heavy (non-hydrogen) atoms. The highest BCUT2D eigenvalue weighted by atomic mass is 32.2. The molecule has 7 heteroatoms. The van der Waals surface area contributed by atoms with Crippen molar-refractivity contribution in [2.45, 2.75) is 19.1 Å². The van der Waals surface area contributed by atoms with Gasteiger partial charge in [0.1, 0.15) is 11.5 Å². The Morgan fingerprint density at radius 2 is 1.78 bits per heavy atom. The van der Waals surface area contributed by atoms with Crippen molar-refractivity contribution >= 4 is 35.0 Å². The van der Waals surface area contributed by atoms with Gasteiger partial charge in [-0.05, 0) is 50.2 Å². The van der Waals surface area contributed by atoms with E-state index in [1.165, 1.54) is 11.8 Å². The first kappa shape index (κ1) is 20.6. The predicted octanol–water partition coefficient (Wildman–Crippen LogP) is 3.79. The van der Waals surface area contributed by atoms with Crippen molar-refractivity contribution in [3.8, 4) is 11.5 Å². The summed E-state index contributed by atoms with van der Waals surface area (Å²) in [6, 6.07) is 14.4. The monoisotopic (exact) mass is 388 g/mol. The highest BCUT2D eigenvalue weighted by Gasteiger charge is 2.16. The summed E-state index contributed by atoms with van der Waals surface area (Å²) in [6.07, 6.45) is 0. The normalized spacial score (nSPS) is 11.4. The fourth-order valence-corrected chi connectivity index (χ4v) is 2.92. The lowest BCUT2D eigenvalue weighted by molar-refractivity contribution is -0.115. The Labute approximate surface area is 163 Å². The van der Waals surface area contributed by atoms with Gasteiger partial charge in [-0.15, -0.1) is 11.8 Å². The lowest BCUT2D eigenvalue weighted by atomic mass is 10.3. The van der Waals surface area contributed by atoms with Gasteiger partial charge in [-0.1, -0.05) is 12.1 Å². The maximum atomic E-state index is 12.3. The first-order valence-corrected chi connectivity index (χ1v) is 9.66. The van der Waals surface area contributed by atoms with Crippen LogP contribution in [-0.4, -0.2) is 36.5 Å². The molecule has 0 bridgehead atoms. The van der Waals surface area contributed by atoms with Crippen molar-refractivity contribution in [1.82, 2.24) is 0 Å². The Kier molecular flexibility index (Phi) is 8.00. The Balaban J connectivity index is 1.82. The minimum absolute atomic E-state index is 0.160. The largest absolute Gasteiger partial charge is 0.497 e. The summed E-state index contributed by atoms with van der Waals surface area (Å²) >= 11 is 1.27. The molecule has 0 aromatic heterocycles. The molecule has 1 atom stereocenters. The number of ether oxygens (including phenoxy) is 2. The lowest BCUT2D eigenvalue weighted by Gasteiger charge is -2.13. The zero-order valence-corrected chi connectivity index (χ0v) is 16.5. The summed E-state index contributed by atoms with van der Waals surface area (Å²) in [6.45, 7) is 4.17. The molecular weight excluding hydrogens is 364 g/mol. The topological polar surface area (TPSA) is 76.7 Å². The summed E-state index contributed by atoms with van der Waals surface area (Å²) in [5.41, 5.74) is 1.31. The summed E-state index contributed by atoms with van der Waals surface area (Å²) in [5.74, 6) is 1.17. The van der Waals surface area contributed by atoms with E-state index in [2.05, 4.69) is 10.6 Å². The second-order valence-electron chi connectivity index (χ2n) is 5.65. The number of hydrogen-bond donors (Lipinski definition) is 2. The van der Waals surface area contributed by atoms with Crippen LogP contribution < -0.4 is 20.1 Å². The van der Waals surface area contributed by atoms with E-state index in [9.17, 15) is 9.59 Å². The molecule has 2 N–H and O–H groups in total. The van der Waals surface area contributed by atoms with Gasteiger partial charge in [-0.25, -0.2) is 0 Å². The van der Waals surface area contributed by atoms with Crippen molar-refractivity contribution in [2.24, 2.45) is 0 Å². The van der Waals surface area contributed by atoms with Gasteiger partial charge in [0.15, 0.2) is 0 Å². The first-order chi connectivity index (χ1) is 13.0. The molecule has 0 unspecified atom stereocenters. The van der Waals surface area contributed by atoms with E-state index in [1.54, 1.807) is 50.4 Å². The number of para-hydroxylation sites is 2. The van der Waals surface area contributed by atoms with Crippen LogP contribution >= 0.6 is 11.8 Å². The molecule has 0 spiro atoms. The summed E-state index contributed by atoms with van der Waals surface area (Å²) in [7, 11) is 1.59. The maximum absolute atomic E-state index is 12.3. The highest BCUT2D eigenvalue weighted by molar-refractivity contribution is 8.01. The minimum atomic E-state index is -0.375. The molecule has 2 amide bonds. The lowest BCUT2D eigenvalue weighted by Crippen LogP contribution is -2.25. The molecule has 0 aliphatic carbocycles. The van der Waals surface area contributed by atoms with Crippen LogP contribution in [0.1, 0.15) is 13.8 Å². The van der Waals surface area contributed by atoms with E-state index in [4.69, 9.17) is 9.47 Å². The van der Waals surface area contributed by atoms with Gasteiger partial charge in [0.2, 0.25) is 11.8 Å². The van der Waals surface area contributed by atoms with E-state index >= 15 is 0 Å². The van der Waals surface area contributed by atoms with Crippen molar-refractivity contribution in [1.29, 1.82) is 0 Å². The number of carbonyl (C=O) groups excluding carboxylic acids is 2. The third kappa shape index (κ3) is 6.53. The van der Waals surface area contributed by atoms with Gasteiger partial charge in [-0.2, -0.15) is 0 Å². The Hall–Kier alpha value is -2.67.